The van der Waals surface area contributed by atoms with E-state index in [-0.39, 0.29) is 180 Å². The molecule has 0 bridgehead atoms. The molecule has 0 saturated heterocycles. The Morgan fingerprint density at radius 1 is 0.290 bits per heavy atom. The number of hydrogen-bond donors (Lipinski definition) is 2. The van der Waals surface area contributed by atoms with Gasteiger partial charge in [0, 0.05) is 21.5 Å². The number of rotatable bonds is 0. The molecule has 18 rings (SSSR count). The Hall–Kier alpha value is -17.6. The van der Waals surface area contributed by atoms with Crippen molar-refractivity contribution in [2.24, 2.45) is 0 Å². The summed E-state index contributed by atoms with van der Waals surface area (Å²) in [6.45, 7) is 28.9. The summed E-state index contributed by atoms with van der Waals surface area (Å²) in [5.41, 5.74) is 5.03. The molecule has 3 aromatic carbocycles. The lowest BCUT2D eigenvalue weighted by Gasteiger charge is -1.98. The first-order valence-corrected chi connectivity index (χ1v) is 27.1. The molecule has 40 nitrogen and oxygen atoms in total. The van der Waals surface area contributed by atoms with Crippen LogP contribution in [0.25, 0.3) is 152 Å². The van der Waals surface area contributed by atoms with Crippen LogP contribution in [-0.4, -0.2) is 87.4 Å². The number of imidazole rings is 4. The van der Waals surface area contributed by atoms with Gasteiger partial charge in [0.25, 0.3) is 45.5 Å². The fourth-order valence-corrected chi connectivity index (χ4v) is 11.1. The quantitative estimate of drug-likeness (QED) is 0.205. The molecule has 0 amide bonds. The SMILES string of the molecule is N#Cc1nc(N)c(N)nc1C#N.O=c1oc(=O)c2cc3c(=O)oc(=O)c3cc12.[C-]#[N+]c1nc2nc3c4cc5c(=O)n6c7nc(C#N)c(C#N)nc7nc6c5cc4c(=O)n3c2nc1[N+]#[C-].[C-]#[N+]c1nc2nc3c4cc5c(cc4c(=O)n3c2nc1[N+]#[C-])c(=O)n1c2nc(C#N)c(C#N)nc2nc51. The van der Waals surface area contributed by atoms with Crippen molar-refractivity contribution in [3.05, 3.63) is 199 Å². The lowest BCUT2D eigenvalue weighted by Crippen LogP contribution is -2.09. The van der Waals surface area contributed by atoms with Gasteiger partial charge in [-0.2, -0.15) is 41.5 Å². The molecule has 0 saturated carbocycles. The van der Waals surface area contributed by atoms with Crippen LogP contribution in [0.4, 0.5) is 34.9 Å². The minimum Gasteiger partial charge on any atom is -0.386 e. The number of nitrogen functional groups attached to an aromatic ring is 2. The van der Waals surface area contributed by atoms with Crippen molar-refractivity contribution in [1.82, 2.24) is 87.4 Å². The zero-order chi connectivity index (χ0) is 70.3. The predicted octanol–water partition coefficient (Wildman–Crippen LogP) is 2.11. The predicted molar refractivity (Wildman–Crippen MR) is 338 cm³/mol. The summed E-state index contributed by atoms with van der Waals surface area (Å²) in [7, 11) is 0. The molecule has 0 unspecified atom stereocenters. The van der Waals surface area contributed by atoms with Gasteiger partial charge in [-0.1, -0.05) is 26.3 Å². The summed E-state index contributed by atoms with van der Waals surface area (Å²) in [6.07, 6.45) is 0. The summed E-state index contributed by atoms with van der Waals surface area (Å²) >= 11 is 0. The first kappa shape index (κ1) is 58.8. The molecule has 100 heavy (non-hydrogen) atoms. The van der Waals surface area contributed by atoms with Gasteiger partial charge < -0.3 is 39.7 Å². The summed E-state index contributed by atoms with van der Waals surface area (Å²) < 4.78 is 13.4. The second-order valence-electron chi connectivity index (χ2n) is 20.5. The molecule has 0 fully saturated rings. The maximum atomic E-state index is 13.4. The molecule has 0 aliphatic rings. The van der Waals surface area contributed by atoms with Gasteiger partial charge in [-0.15, -0.1) is 19.9 Å². The number of anilines is 2. The fourth-order valence-electron chi connectivity index (χ4n) is 11.1. The Balaban J connectivity index is 0.000000118. The maximum Gasteiger partial charge on any atom is 0.346 e. The van der Waals surface area contributed by atoms with Gasteiger partial charge in [-0.25, -0.2) is 76.7 Å². The standard InChI is InChI=1S/2C22H2N12O2.C10H2O6.C6H4N6/c1-25-13-14(26-2)30-20-16(29-13)32-18-8-4-9-7(3-10(8)22(36)34(18)20)17-31-15-19(33(17)21(9)35)28-12(6-24)11(5-23)27-15;1-25-13-14(26-2)30-20-16(29-13)32-18-8-3-7-9(4-10(8)22(36)34(18)20)21(35)33-17(7)31-15-19(33)28-12(6-24)11(5-23)27-15;11-7-3-1-4-6(10(14)16-8(4)12)2-5(3)9(13)15-7;7-1-3-4(2-8)12-6(10)5(9)11-3/h2*3-4H;1-2H;(H2,9,11)(H2,10,12). The summed E-state index contributed by atoms with van der Waals surface area (Å²) in [5.74, 6) is -1.01. The molecular weight excluding hydrogens is 1300 g/mol. The number of fused-ring (bicyclic) bond motifs is 22. The Labute approximate surface area is 540 Å². The third-order valence-corrected chi connectivity index (χ3v) is 15.3. The van der Waals surface area contributed by atoms with Crippen LogP contribution in [0.3, 0.4) is 0 Å². The largest absolute Gasteiger partial charge is 0.386 e. The zero-order valence-electron chi connectivity index (χ0n) is 48.2. The number of hydrogen-bond acceptors (Lipinski definition) is 32. The highest BCUT2D eigenvalue weighted by Gasteiger charge is 2.30. The second-order valence-corrected chi connectivity index (χ2v) is 20.5. The van der Waals surface area contributed by atoms with Gasteiger partial charge in [-0.3, -0.25) is 19.2 Å². The van der Waals surface area contributed by atoms with Crippen LogP contribution in [0.1, 0.15) is 34.2 Å². The second kappa shape index (κ2) is 21.0. The van der Waals surface area contributed by atoms with Crippen LogP contribution >= 0.6 is 0 Å². The molecule has 4 N–H and O–H groups in total. The summed E-state index contributed by atoms with van der Waals surface area (Å²) in [4.78, 5) is 168. The molecule has 0 spiro atoms. The van der Waals surface area contributed by atoms with Gasteiger partial charge in [0.15, 0.2) is 91.0 Å². The van der Waals surface area contributed by atoms with Crippen LogP contribution < -0.4 is 56.2 Å². The molecule has 0 aliphatic carbocycles. The van der Waals surface area contributed by atoms with Crippen molar-refractivity contribution >= 4 is 167 Å². The molecule has 40 heteroatoms. The van der Waals surface area contributed by atoms with Gasteiger partial charge in [-0.05, 0) is 36.4 Å². The highest BCUT2D eigenvalue weighted by Crippen LogP contribution is 2.34. The minimum atomic E-state index is -0.824. The van der Waals surface area contributed by atoms with Crippen molar-refractivity contribution in [1.29, 1.82) is 31.6 Å². The van der Waals surface area contributed by atoms with Gasteiger partial charge in [0.2, 0.25) is 0 Å². The monoisotopic (exact) mass is 1310 g/mol. The molecule has 460 valence electrons. The lowest BCUT2D eigenvalue weighted by atomic mass is 10.1. The van der Waals surface area contributed by atoms with Crippen LogP contribution in [0.5, 0.6) is 0 Å². The number of aromatic nitrogens is 18. The molecule has 0 atom stereocenters. The third-order valence-electron chi connectivity index (χ3n) is 15.3. The topological polar surface area (TPSA) is 573 Å². The van der Waals surface area contributed by atoms with E-state index in [4.69, 9.17) is 48.3 Å². The smallest absolute Gasteiger partial charge is 0.346 e. The molecule has 0 aliphatic heterocycles. The summed E-state index contributed by atoms with van der Waals surface area (Å²) in [6, 6.07) is 18.8. The Morgan fingerprint density at radius 3 is 0.790 bits per heavy atom. The third kappa shape index (κ3) is 8.08. The number of benzene rings is 3. The molecule has 15 aromatic heterocycles. The Bertz CT molecular complexity index is 7350. The van der Waals surface area contributed by atoms with E-state index in [1.165, 1.54) is 35.8 Å². The normalized spacial score (nSPS) is 11.1. The van der Waals surface area contributed by atoms with E-state index < -0.39 is 44.7 Å². The van der Waals surface area contributed by atoms with Crippen LogP contribution in [-0.2, 0) is 0 Å². The van der Waals surface area contributed by atoms with Gasteiger partial charge in [0.1, 0.15) is 36.4 Å². The van der Waals surface area contributed by atoms with E-state index in [1.54, 1.807) is 42.5 Å². The van der Waals surface area contributed by atoms with Gasteiger partial charge in [0.05, 0.1) is 43.1 Å². The first-order chi connectivity index (χ1) is 48.2. The highest BCUT2D eigenvalue weighted by molar-refractivity contribution is 6.13. The fraction of sp³-hybridized carbons (Fsp3) is 0. The maximum absolute atomic E-state index is 13.4. The first-order valence-electron chi connectivity index (χ1n) is 27.1. The Morgan fingerprint density at radius 2 is 0.510 bits per heavy atom. The summed E-state index contributed by atoms with van der Waals surface area (Å²) in [5, 5.41) is 56.2. The van der Waals surface area contributed by atoms with Gasteiger partial charge >= 0.3 is 45.1 Å². The van der Waals surface area contributed by atoms with Crippen molar-refractivity contribution in [2.75, 3.05) is 11.5 Å². The van der Waals surface area contributed by atoms with E-state index in [0.29, 0.717) is 21.5 Å². The van der Waals surface area contributed by atoms with E-state index >= 15 is 0 Å². The van der Waals surface area contributed by atoms with Crippen molar-refractivity contribution in [3.8, 4) is 36.4 Å². The average Bonchev–Trinajstić information content (AvgIpc) is 1.55. The minimum absolute atomic E-state index is 0.0165. The number of nitrogens with two attached hydrogens (primary N) is 2. The van der Waals surface area contributed by atoms with E-state index in [1.807, 2.05) is 0 Å². The molecule has 18 aromatic rings. The Kier molecular flexibility index (Phi) is 12.3. The molecular formula is C60H10N30O10. The van der Waals surface area contributed by atoms with Crippen molar-refractivity contribution in [3.63, 3.8) is 0 Å². The highest BCUT2D eigenvalue weighted by atomic mass is 16.4. The van der Waals surface area contributed by atoms with E-state index in [0.717, 1.165) is 12.1 Å². The van der Waals surface area contributed by atoms with Crippen molar-refractivity contribution < 1.29 is 8.83 Å². The van der Waals surface area contributed by atoms with E-state index in [9.17, 15) is 59.4 Å². The number of nitrogens with zero attached hydrogens (tertiary/aromatic N) is 28. The van der Waals surface area contributed by atoms with Crippen LogP contribution in [0, 0.1) is 94.3 Å². The lowest BCUT2D eigenvalue weighted by molar-refractivity contribution is 0.498. The van der Waals surface area contributed by atoms with Crippen molar-refractivity contribution in [2.45, 2.75) is 0 Å². The van der Waals surface area contributed by atoms with Crippen LogP contribution in [0.2, 0.25) is 0 Å². The average molecular weight is 1310 g/mol. The van der Waals surface area contributed by atoms with E-state index in [2.05, 4.69) is 98.0 Å². The zero-order valence-corrected chi connectivity index (χ0v) is 48.2. The molecule has 0 radical (unpaired) electrons. The molecule has 15 heterocycles. The number of nitriles is 6. The van der Waals surface area contributed by atoms with Crippen LogP contribution in [0.15, 0.2) is 83.6 Å². The number of furan rings is 2.